The number of nitrogens with zero attached hydrogens (tertiary/aromatic N) is 2. The molecular weight excluding hydrogens is 471 g/mol. The molecule has 0 bridgehead atoms. The molecule has 0 spiro atoms. The molecule has 0 aromatic heterocycles. The molecule has 0 aromatic rings. The summed E-state index contributed by atoms with van der Waals surface area (Å²) in [7, 11) is 0. The predicted molar refractivity (Wildman–Crippen MR) is 121 cm³/mol. The van der Waals surface area contributed by atoms with E-state index in [4.69, 9.17) is 9.47 Å². The van der Waals surface area contributed by atoms with E-state index in [1.807, 2.05) is 0 Å². The molecule has 2 heterocycles. The number of halogens is 1. The van der Waals surface area contributed by atoms with Crippen molar-refractivity contribution in [2.75, 3.05) is 45.9 Å². The summed E-state index contributed by atoms with van der Waals surface area (Å²) in [5, 5.41) is 6.35. The topological polar surface area (TPSA) is 75.2 Å². The first kappa shape index (κ1) is 23.7. The van der Waals surface area contributed by atoms with E-state index in [1.54, 1.807) is 0 Å². The van der Waals surface area contributed by atoms with Crippen LogP contribution >= 0.6 is 24.0 Å². The van der Waals surface area contributed by atoms with Crippen molar-refractivity contribution in [1.82, 2.24) is 15.5 Å². The van der Waals surface area contributed by atoms with E-state index in [1.165, 1.54) is 12.8 Å². The minimum atomic E-state index is 0. The average molecular weight is 508 g/mol. The third kappa shape index (κ3) is 8.02. The van der Waals surface area contributed by atoms with Gasteiger partial charge in [0, 0.05) is 38.7 Å². The molecule has 0 aromatic carbocycles. The van der Waals surface area contributed by atoms with E-state index >= 15 is 0 Å². The monoisotopic (exact) mass is 508 g/mol. The lowest BCUT2D eigenvalue weighted by atomic mass is 10.1. The number of rotatable bonds is 8. The highest BCUT2D eigenvalue weighted by molar-refractivity contribution is 14.0. The summed E-state index contributed by atoms with van der Waals surface area (Å²) >= 11 is 0. The summed E-state index contributed by atoms with van der Waals surface area (Å²) in [4.78, 5) is 18.7. The second-order valence-electron chi connectivity index (χ2n) is 7.81. The number of carbonyl (C=O) groups excluding carboxylic acids is 1. The van der Waals surface area contributed by atoms with Crippen LogP contribution in [0.4, 0.5) is 0 Å². The van der Waals surface area contributed by atoms with Gasteiger partial charge in [-0.3, -0.25) is 9.79 Å². The van der Waals surface area contributed by atoms with Crippen LogP contribution in [0, 0.1) is 5.92 Å². The zero-order valence-corrected chi connectivity index (χ0v) is 19.5. The molecule has 7 nitrogen and oxygen atoms in total. The molecule has 1 aliphatic carbocycles. The van der Waals surface area contributed by atoms with Gasteiger partial charge in [0.2, 0.25) is 5.91 Å². The van der Waals surface area contributed by atoms with Gasteiger partial charge in [0.1, 0.15) is 0 Å². The van der Waals surface area contributed by atoms with Crippen molar-refractivity contribution in [2.45, 2.75) is 64.1 Å². The molecular formula is C20H37IN4O3. The van der Waals surface area contributed by atoms with Gasteiger partial charge in [0.05, 0.1) is 25.4 Å². The van der Waals surface area contributed by atoms with Crippen molar-refractivity contribution in [3.63, 3.8) is 0 Å². The molecule has 3 rings (SSSR count). The maximum atomic E-state index is 11.7. The van der Waals surface area contributed by atoms with Gasteiger partial charge >= 0.3 is 0 Å². The molecule has 8 heteroatoms. The number of carbonyl (C=O) groups is 1. The van der Waals surface area contributed by atoms with Gasteiger partial charge in [-0.15, -0.1) is 24.0 Å². The number of likely N-dealkylation sites (tertiary alicyclic amines) is 1. The predicted octanol–water partition coefficient (Wildman–Crippen LogP) is 2.15. The summed E-state index contributed by atoms with van der Waals surface area (Å²) in [5.74, 6) is 1.41. The summed E-state index contributed by atoms with van der Waals surface area (Å²) in [6.07, 6.45) is 8.33. The van der Waals surface area contributed by atoms with Gasteiger partial charge in [-0.05, 0) is 51.9 Å². The fourth-order valence-corrected chi connectivity index (χ4v) is 3.67. The minimum absolute atomic E-state index is 0. The van der Waals surface area contributed by atoms with Crippen molar-refractivity contribution in [1.29, 1.82) is 0 Å². The van der Waals surface area contributed by atoms with Gasteiger partial charge in [-0.2, -0.15) is 0 Å². The molecule has 162 valence electrons. The lowest BCUT2D eigenvalue weighted by molar-refractivity contribution is -0.122. The van der Waals surface area contributed by atoms with Crippen LogP contribution in [0.5, 0.6) is 0 Å². The molecule has 2 N–H and O–H groups in total. The fourth-order valence-electron chi connectivity index (χ4n) is 3.67. The number of ether oxygens (including phenoxy) is 2. The first-order chi connectivity index (χ1) is 13.3. The van der Waals surface area contributed by atoms with Crippen molar-refractivity contribution in [2.24, 2.45) is 10.9 Å². The SMILES string of the molecule is CCNC(=NCCNC(=O)C1CC1)N1CCC(OCC2CCCCO2)CC1.I. The van der Waals surface area contributed by atoms with Gasteiger partial charge < -0.3 is 25.0 Å². The molecule has 2 aliphatic heterocycles. The highest BCUT2D eigenvalue weighted by atomic mass is 127. The van der Waals surface area contributed by atoms with E-state index < -0.39 is 0 Å². The Morgan fingerprint density at radius 1 is 1.14 bits per heavy atom. The van der Waals surface area contributed by atoms with Gasteiger partial charge in [-0.25, -0.2) is 0 Å². The minimum Gasteiger partial charge on any atom is -0.376 e. The Balaban J connectivity index is 0.00000280. The fraction of sp³-hybridized carbons (Fsp3) is 0.900. The molecule has 2 saturated heterocycles. The quantitative estimate of drug-likeness (QED) is 0.228. The third-order valence-electron chi connectivity index (χ3n) is 5.49. The van der Waals surface area contributed by atoms with Crippen LogP contribution in [0.3, 0.4) is 0 Å². The smallest absolute Gasteiger partial charge is 0.223 e. The summed E-state index contributed by atoms with van der Waals surface area (Å²) < 4.78 is 11.9. The Labute approximate surface area is 186 Å². The lowest BCUT2D eigenvalue weighted by Crippen LogP contribution is -2.47. The third-order valence-corrected chi connectivity index (χ3v) is 5.49. The average Bonchev–Trinajstić information content (AvgIpc) is 3.55. The lowest BCUT2D eigenvalue weighted by Gasteiger charge is -2.35. The number of aliphatic imine (C=N–C) groups is 1. The first-order valence-electron chi connectivity index (χ1n) is 10.8. The summed E-state index contributed by atoms with van der Waals surface area (Å²) in [6.45, 7) is 7.71. The second-order valence-corrected chi connectivity index (χ2v) is 7.81. The van der Waals surface area contributed by atoms with Crippen LogP contribution in [0.2, 0.25) is 0 Å². The van der Waals surface area contributed by atoms with Gasteiger partial charge in [-0.1, -0.05) is 0 Å². The van der Waals surface area contributed by atoms with E-state index in [0.29, 0.717) is 25.3 Å². The Morgan fingerprint density at radius 3 is 2.57 bits per heavy atom. The van der Waals surface area contributed by atoms with Crippen LogP contribution in [-0.4, -0.2) is 74.9 Å². The van der Waals surface area contributed by atoms with Crippen LogP contribution in [-0.2, 0) is 14.3 Å². The Hall–Kier alpha value is -0.610. The molecule has 1 amide bonds. The maximum Gasteiger partial charge on any atom is 0.223 e. The number of piperidine rings is 1. The van der Waals surface area contributed by atoms with E-state index in [9.17, 15) is 4.79 Å². The van der Waals surface area contributed by atoms with Crippen molar-refractivity contribution in [3.8, 4) is 0 Å². The largest absolute Gasteiger partial charge is 0.376 e. The zero-order valence-electron chi connectivity index (χ0n) is 17.2. The van der Waals surface area contributed by atoms with E-state index in [2.05, 4.69) is 27.4 Å². The van der Waals surface area contributed by atoms with Crippen LogP contribution in [0.25, 0.3) is 0 Å². The highest BCUT2D eigenvalue weighted by Gasteiger charge is 2.29. The standard InChI is InChI=1S/C20H36N4O3.HI/c1-2-21-20(23-11-10-22-19(25)16-6-7-16)24-12-8-17(9-13-24)27-15-18-5-3-4-14-26-18;/h16-18H,2-15H2,1H3,(H,21,23)(H,22,25);1H. The maximum absolute atomic E-state index is 11.7. The van der Waals surface area contributed by atoms with Crippen molar-refractivity contribution >= 4 is 35.8 Å². The Bertz CT molecular complexity index is 488. The first-order valence-corrected chi connectivity index (χ1v) is 10.8. The Morgan fingerprint density at radius 2 is 1.93 bits per heavy atom. The second kappa shape index (κ2) is 12.8. The van der Waals surface area contributed by atoms with E-state index in [0.717, 1.165) is 70.9 Å². The van der Waals surface area contributed by atoms with Crippen LogP contribution < -0.4 is 10.6 Å². The van der Waals surface area contributed by atoms with E-state index in [-0.39, 0.29) is 35.8 Å². The molecule has 0 radical (unpaired) electrons. The summed E-state index contributed by atoms with van der Waals surface area (Å²) in [6, 6.07) is 0. The molecule has 1 atom stereocenters. The van der Waals surface area contributed by atoms with Crippen molar-refractivity contribution < 1.29 is 14.3 Å². The number of guanidine groups is 1. The normalized spacial score (nSPS) is 23.8. The summed E-state index contributed by atoms with van der Waals surface area (Å²) in [5.41, 5.74) is 0. The molecule has 3 aliphatic rings. The van der Waals surface area contributed by atoms with Crippen LogP contribution in [0.1, 0.15) is 51.9 Å². The molecule has 1 unspecified atom stereocenters. The number of hydrogen-bond acceptors (Lipinski definition) is 4. The molecule has 28 heavy (non-hydrogen) atoms. The van der Waals surface area contributed by atoms with Crippen LogP contribution in [0.15, 0.2) is 4.99 Å². The van der Waals surface area contributed by atoms with Crippen molar-refractivity contribution in [3.05, 3.63) is 0 Å². The number of amides is 1. The number of hydrogen-bond donors (Lipinski definition) is 2. The van der Waals surface area contributed by atoms with Gasteiger partial charge in [0.25, 0.3) is 0 Å². The number of nitrogens with one attached hydrogen (secondary N) is 2. The Kier molecular flexibility index (Phi) is 10.9. The van der Waals surface area contributed by atoms with Gasteiger partial charge in [0.15, 0.2) is 5.96 Å². The highest BCUT2D eigenvalue weighted by Crippen LogP contribution is 2.28. The molecule has 1 saturated carbocycles. The zero-order chi connectivity index (χ0) is 18.9. The molecule has 3 fully saturated rings.